The van der Waals surface area contributed by atoms with Gasteiger partial charge >= 0.3 is 0 Å². The molecule has 0 N–H and O–H groups in total. The minimum absolute atomic E-state index is 0.191. The molecule has 0 aromatic heterocycles. The highest BCUT2D eigenvalue weighted by Gasteiger charge is 2.57. The molecule has 2 aromatic carbocycles. The van der Waals surface area contributed by atoms with E-state index in [0.29, 0.717) is 6.04 Å². The van der Waals surface area contributed by atoms with Gasteiger partial charge in [-0.1, -0.05) is 54.6 Å². The van der Waals surface area contributed by atoms with Crippen molar-refractivity contribution in [1.29, 1.82) is 0 Å². The molecule has 0 aliphatic heterocycles. The lowest BCUT2D eigenvalue weighted by Crippen LogP contribution is -2.26. The summed E-state index contributed by atoms with van der Waals surface area (Å²) < 4.78 is 0. The predicted octanol–water partition coefficient (Wildman–Crippen LogP) is 3.62. The highest BCUT2D eigenvalue weighted by atomic mass is 15.2. The van der Waals surface area contributed by atoms with Crippen molar-refractivity contribution < 1.29 is 0 Å². The maximum atomic E-state index is 2.36. The lowest BCUT2D eigenvalue weighted by Gasteiger charge is -2.23. The fourth-order valence-corrected chi connectivity index (χ4v) is 3.43. The number of likely N-dealkylation sites (N-methyl/N-ethyl adjacent to an activating group) is 1. The summed E-state index contributed by atoms with van der Waals surface area (Å²) in [4.78, 5) is 2.36. The highest BCUT2D eigenvalue weighted by molar-refractivity contribution is 5.52. The molecule has 2 atom stereocenters. The Kier molecular flexibility index (Phi) is 2.94. The molecule has 0 amide bonds. The molecule has 0 bridgehead atoms. The lowest BCUT2D eigenvalue weighted by atomic mass is 9.84. The fraction of sp³-hybridized carbons (Fsp3) is 0.333. The minimum atomic E-state index is 0.191. The van der Waals surface area contributed by atoms with Crippen molar-refractivity contribution in [3.05, 3.63) is 71.3 Å². The summed E-state index contributed by atoms with van der Waals surface area (Å²) in [6.07, 6.45) is 1.22. The minimum Gasteiger partial charge on any atom is -0.305 e. The van der Waals surface area contributed by atoms with Gasteiger partial charge in [0.1, 0.15) is 0 Å². The van der Waals surface area contributed by atoms with Gasteiger partial charge in [0.25, 0.3) is 0 Å². The Hall–Kier alpha value is -1.60. The van der Waals surface area contributed by atoms with Gasteiger partial charge in [-0.3, -0.25) is 0 Å². The van der Waals surface area contributed by atoms with Crippen LogP contribution in [-0.2, 0) is 5.41 Å². The van der Waals surface area contributed by atoms with Gasteiger partial charge in [0, 0.05) is 11.5 Å². The predicted molar refractivity (Wildman–Crippen MR) is 80.5 cm³/mol. The van der Waals surface area contributed by atoms with Crippen molar-refractivity contribution in [3.8, 4) is 0 Å². The Balaban J connectivity index is 2.13. The molecule has 0 heterocycles. The van der Waals surface area contributed by atoms with E-state index in [1.807, 2.05) is 0 Å². The third kappa shape index (κ3) is 1.89. The standard InChI is InChI=1S/C18H21N/c1-14-9-7-8-12-16(14)18(13-17(18)19(2)3)15-10-5-4-6-11-15/h4-12,17H,13H2,1-3H3. The molecule has 98 valence electrons. The Bertz CT molecular complexity index is 573. The van der Waals surface area contributed by atoms with Crippen LogP contribution in [0.3, 0.4) is 0 Å². The van der Waals surface area contributed by atoms with Crippen LogP contribution in [0.2, 0.25) is 0 Å². The van der Waals surface area contributed by atoms with Crippen molar-refractivity contribution in [1.82, 2.24) is 4.90 Å². The van der Waals surface area contributed by atoms with E-state index < -0.39 is 0 Å². The van der Waals surface area contributed by atoms with Crippen LogP contribution in [0, 0.1) is 6.92 Å². The molecule has 0 spiro atoms. The summed E-state index contributed by atoms with van der Waals surface area (Å²) in [7, 11) is 4.38. The van der Waals surface area contributed by atoms with Crippen LogP contribution in [0.25, 0.3) is 0 Å². The number of rotatable bonds is 3. The molecule has 1 aliphatic rings. The van der Waals surface area contributed by atoms with Crippen LogP contribution in [0.5, 0.6) is 0 Å². The Morgan fingerprint density at radius 2 is 1.58 bits per heavy atom. The third-order valence-corrected chi connectivity index (χ3v) is 4.46. The van der Waals surface area contributed by atoms with Crippen LogP contribution in [0.4, 0.5) is 0 Å². The molecule has 0 saturated heterocycles. The number of hydrogen-bond acceptors (Lipinski definition) is 1. The first kappa shape index (κ1) is 12.4. The van der Waals surface area contributed by atoms with Gasteiger partial charge < -0.3 is 4.90 Å². The van der Waals surface area contributed by atoms with Crippen LogP contribution >= 0.6 is 0 Å². The van der Waals surface area contributed by atoms with Gasteiger partial charge in [-0.05, 0) is 44.1 Å². The van der Waals surface area contributed by atoms with Crippen molar-refractivity contribution in [2.75, 3.05) is 14.1 Å². The summed E-state index contributed by atoms with van der Waals surface area (Å²) >= 11 is 0. The van der Waals surface area contributed by atoms with Gasteiger partial charge in [0.15, 0.2) is 0 Å². The van der Waals surface area contributed by atoms with E-state index in [2.05, 4.69) is 80.5 Å². The molecule has 1 heteroatoms. The molecular formula is C18H21N. The first-order valence-electron chi connectivity index (χ1n) is 6.94. The molecule has 19 heavy (non-hydrogen) atoms. The zero-order chi connectivity index (χ0) is 13.5. The molecular weight excluding hydrogens is 230 g/mol. The molecule has 3 rings (SSSR count). The van der Waals surface area contributed by atoms with E-state index >= 15 is 0 Å². The van der Waals surface area contributed by atoms with Crippen molar-refractivity contribution >= 4 is 0 Å². The fourth-order valence-electron chi connectivity index (χ4n) is 3.43. The summed E-state index contributed by atoms with van der Waals surface area (Å²) in [5.74, 6) is 0. The quantitative estimate of drug-likeness (QED) is 0.805. The monoisotopic (exact) mass is 251 g/mol. The maximum Gasteiger partial charge on any atom is 0.0376 e. The van der Waals surface area contributed by atoms with Gasteiger partial charge in [-0.15, -0.1) is 0 Å². The van der Waals surface area contributed by atoms with Gasteiger partial charge in [-0.25, -0.2) is 0 Å². The molecule has 0 radical (unpaired) electrons. The molecule has 1 aliphatic carbocycles. The number of benzene rings is 2. The second-order valence-corrected chi connectivity index (χ2v) is 5.84. The molecule has 1 fully saturated rings. The molecule has 1 nitrogen and oxygen atoms in total. The molecule has 2 unspecified atom stereocenters. The molecule has 1 saturated carbocycles. The van der Waals surface area contributed by atoms with Crippen LogP contribution in [0.15, 0.2) is 54.6 Å². The van der Waals surface area contributed by atoms with Crippen molar-refractivity contribution in [2.45, 2.75) is 24.8 Å². The van der Waals surface area contributed by atoms with Crippen LogP contribution in [-0.4, -0.2) is 25.0 Å². The van der Waals surface area contributed by atoms with Crippen LogP contribution in [0.1, 0.15) is 23.1 Å². The number of nitrogens with zero attached hydrogens (tertiary/aromatic N) is 1. The van der Waals surface area contributed by atoms with Crippen molar-refractivity contribution in [3.63, 3.8) is 0 Å². The van der Waals surface area contributed by atoms with Crippen molar-refractivity contribution in [2.24, 2.45) is 0 Å². The Morgan fingerprint density at radius 1 is 0.947 bits per heavy atom. The normalized spacial score (nSPS) is 25.6. The first-order chi connectivity index (χ1) is 9.16. The topological polar surface area (TPSA) is 3.24 Å². The average Bonchev–Trinajstić information content (AvgIpc) is 3.17. The van der Waals surface area contributed by atoms with E-state index in [0.717, 1.165) is 0 Å². The SMILES string of the molecule is Cc1ccccc1C1(c2ccccc2)CC1N(C)C. The average molecular weight is 251 g/mol. The summed E-state index contributed by atoms with van der Waals surface area (Å²) in [6, 6.07) is 20.4. The van der Waals surface area contributed by atoms with Crippen LogP contribution < -0.4 is 0 Å². The van der Waals surface area contributed by atoms with E-state index in [1.54, 1.807) is 0 Å². The maximum absolute atomic E-state index is 2.36. The van der Waals surface area contributed by atoms with E-state index in [9.17, 15) is 0 Å². The smallest absolute Gasteiger partial charge is 0.0376 e. The summed E-state index contributed by atoms with van der Waals surface area (Å²) in [5, 5.41) is 0. The zero-order valence-corrected chi connectivity index (χ0v) is 11.9. The van der Waals surface area contributed by atoms with E-state index in [4.69, 9.17) is 0 Å². The number of aryl methyl sites for hydroxylation is 1. The zero-order valence-electron chi connectivity index (χ0n) is 11.9. The van der Waals surface area contributed by atoms with Gasteiger partial charge in [-0.2, -0.15) is 0 Å². The first-order valence-corrected chi connectivity index (χ1v) is 6.94. The summed E-state index contributed by atoms with van der Waals surface area (Å²) in [5.41, 5.74) is 4.52. The third-order valence-electron chi connectivity index (χ3n) is 4.46. The lowest BCUT2D eigenvalue weighted by molar-refractivity contribution is 0.374. The van der Waals surface area contributed by atoms with Gasteiger partial charge in [0.2, 0.25) is 0 Å². The van der Waals surface area contributed by atoms with E-state index in [-0.39, 0.29) is 5.41 Å². The van der Waals surface area contributed by atoms with Gasteiger partial charge in [0.05, 0.1) is 0 Å². The Morgan fingerprint density at radius 3 is 2.16 bits per heavy atom. The second kappa shape index (κ2) is 4.50. The second-order valence-electron chi connectivity index (χ2n) is 5.84. The largest absolute Gasteiger partial charge is 0.305 e. The summed E-state index contributed by atoms with van der Waals surface area (Å²) in [6.45, 7) is 2.23. The highest BCUT2D eigenvalue weighted by Crippen LogP contribution is 2.56. The molecule has 2 aromatic rings. The number of hydrogen-bond donors (Lipinski definition) is 0. The van der Waals surface area contributed by atoms with E-state index in [1.165, 1.54) is 23.1 Å². The Labute approximate surface area is 115 Å².